The van der Waals surface area contributed by atoms with E-state index in [2.05, 4.69) is 5.10 Å². The lowest BCUT2D eigenvalue weighted by Crippen LogP contribution is -1.91. The van der Waals surface area contributed by atoms with Crippen LogP contribution in [0.5, 0.6) is 0 Å². The summed E-state index contributed by atoms with van der Waals surface area (Å²) in [6, 6.07) is 3.84. The number of aryl methyl sites for hydroxylation is 1. The predicted octanol–water partition coefficient (Wildman–Crippen LogP) is 3.82. The minimum atomic E-state index is -2.70. The van der Waals surface area contributed by atoms with Gasteiger partial charge in [-0.2, -0.15) is 5.10 Å². The van der Waals surface area contributed by atoms with Crippen molar-refractivity contribution in [3.05, 3.63) is 40.8 Å². The summed E-state index contributed by atoms with van der Waals surface area (Å²) in [6.45, 7) is 0. The van der Waals surface area contributed by atoms with E-state index in [1.165, 1.54) is 30.1 Å². The van der Waals surface area contributed by atoms with Crippen LogP contribution in [0.25, 0.3) is 11.3 Å². The molecule has 2 aromatic rings. The number of hydrogen-bond acceptors (Lipinski definition) is 1. The van der Waals surface area contributed by atoms with E-state index >= 15 is 0 Å². The van der Waals surface area contributed by atoms with Crippen LogP contribution in [0.4, 0.5) is 13.2 Å². The van der Waals surface area contributed by atoms with Crippen LogP contribution in [0.1, 0.15) is 12.0 Å². The first kappa shape index (κ1) is 12.0. The van der Waals surface area contributed by atoms with Crippen LogP contribution in [-0.4, -0.2) is 9.78 Å². The lowest BCUT2D eigenvalue weighted by atomic mass is 10.1. The Balaban J connectivity index is 2.59. The molecule has 17 heavy (non-hydrogen) atoms. The molecule has 2 nitrogen and oxygen atoms in total. The Hall–Kier alpha value is -1.49. The molecule has 1 aromatic carbocycles. The summed E-state index contributed by atoms with van der Waals surface area (Å²) in [4.78, 5) is 0. The summed E-state index contributed by atoms with van der Waals surface area (Å²) in [5, 5.41) is 4.06. The predicted molar refractivity (Wildman–Crippen MR) is 58.6 cm³/mol. The molecule has 0 aliphatic rings. The highest BCUT2D eigenvalue weighted by molar-refractivity contribution is 6.30. The number of aromatic nitrogens is 2. The molecule has 90 valence electrons. The summed E-state index contributed by atoms with van der Waals surface area (Å²) in [5.74, 6) is -0.668. The highest BCUT2D eigenvalue weighted by Gasteiger charge is 2.20. The molecule has 0 amide bonds. The molecule has 0 saturated heterocycles. The van der Waals surface area contributed by atoms with Gasteiger partial charge in [0.05, 0.1) is 5.56 Å². The van der Waals surface area contributed by atoms with Gasteiger partial charge in [0.25, 0.3) is 6.43 Å². The average Bonchev–Trinajstić information content (AvgIpc) is 2.60. The lowest BCUT2D eigenvalue weighted by molar-refractivity contribution is 0.152. The van der Waals surface area contributed by atoms with Crippen LogP contribution >= 0.6 is 11.6 Å². The van der Waals surface area contributed by atoms with Crippen molar-refractivity contribution in [3.63, 3.8) is 0 Å². The maximum atomic E-state index is 13.6. The Kier molecular flexibility index (Phi) is 3.11. The van der Waals surface area contributed by atoms with Crippen LogP contribution in [0.15, 0.2) is 24.4 Å². The lowest BCUT2D eigenvalue weighted by Gasteiger charge is -2.03. The number of rotatable bonds is 2. The molecule has 0 bridgehead atoms. The van der Waals surface area contributed by atoms with Gasteiger partial charge in [0.2, 0.25) is 0 Å². The summed E-state index contributed by atoms with van der Waals surface area (Å²) < 4.78 is 40.3. The van der Waals surface area contributed by atoms with Crippen LogP contribution in [0, 0.1) is 5.82 Å². The molecule has 6 heteroatoms. The SMILES string of the molecule is Cn1cc(C(F)F)c(-c2ccc(Cl)cc2F)n1. The van der Waals surface area contributed by atoms with Crippen molar-refractivity contribution in [1.82, 2.24) is 9.78 Å². The van der Waals surface area contributed by atoms with Crippen molar-refractivity contribution in [3.8, 4) is 11.3 Å². The van der Waals surface area contributed by atoms with Crippen molar-refractivity contribution in [2.75, 3.05) is 0 Å². The van der Waals surface area contributed by atoms with Gasteiger partial charge in [0, 0.05) is 23.8 Å². The van der Waals surface area contributed by atoms with Crippen molar-refractivity contribution in [2.45, 2.75) is 6.43 Å². The largest absolute Gasteiger partial charge is 0.275 e. The quantitative estimate of drug-likeness (QED) is 0.803. The number of benzene rings is 1. The first-order valence-electron chi connectivity index (χ1n) is 4.76. The first-order chi connectivity index (χ1) is 7.99. The second-order valence-electron chi connectivity index (χ2n) is 3.53. The molecule has 1 heterocycles. The Morgan fingerprint density at radius 3 is 2.65 bits per heavy atom. The summed E-state index contributed by atoms with van der Waals surface area (Å²) >= 11 is 5.60. The number of hydrogen-bond donors (Lipinski definition) is 0. The first-order valence-corrected chi connectivity index (χ1v) is 5.14. The third kappa shape index (κ3) is 2.29. The van der Waals surface area contributed by atoms with E-state index in [0.29, 0.717) is 0 Å². The zero-order valence-corrected chi connectivity index (χ0v) is 9.55. The summed E-state index contributed by atoms with van der Waals surface area (Å²) in [7, 11) is 1.50. The molecule has 0 unspecified atom stereocenters. The highest BCUT2D eigenvalue weighted by atomic mass is 35.5. The fourth-order valence-electron chi connectivity index (χ4n) is 1.56. The zero-order chi connectivity index (χ0) is 12.6. The molecule has 0 aliphatic carbocycles. The van der Waals surface area contributed by atoms with Gasteiger partial charge >= 0.3 is 0 Å². The van der Waals surface area contributed by atoms with Gasteiger partial charge in [-0.05, 0) is 18.2 Å². The van der Waals surface area contributed by atoms with Gasteiger partial charge in [-0.15, -0.1) is 0 Å². The van der Waals surface area contributed by atoms with Crippen molar-refractivity contribution in [1.29, 1.82) is 0 Å². The van der Waals surface area contributed by atoms with Crippen molar-refractivity contribution < 1.29 is 13.2 Å². The molecule has 1 aromatic heterocycles. The minimum absolute atomic E-state index is 0.0188. The Bertz CT molecular complexity index is 552. The maximum absolute atomic E-state index is 13.6. The monoisotopic (exact) mass is 260 g/mol. The van der Waals surface area contributed by atoms with Crippen molar-refractivity contribution >= 4 is 11.6 Å². The maximum Gasteiger partial charge on any atom is 0.267 e. The van der Waals surface area contributed by atoms with Crippen molar-refractivity contribution in [2.24, 2.45) is 7.05 Å². The minimum Gasteiger partial charge on any atom is -0.275 e. The topological polar surface area (TPSA) is 17.8 Å². The molecular weight excluding hydrogens is 253 g/mol. The normalized spacial score (nSPS) is 11.2. The highest BCUT2D eigenvalue weighted by Crippen LogP contribution is 2.32. The van der Waals surface area contributed by atoms with Gasteiger partial charge in [-0.25, -0.2) is 13.2 Å². The van der Waals surface area contributed by atoms with E-state index in [4.69, 9.17) is 11.6 Å². The molecular formula is C11H8ClF3N2. The van der Waals surface area contributed by atoms with Gasteiger partial charge in [-0.3, -0.25) is 4.68 Å². The van der Waals surface area contributed by atoms with Gasteiger partial charge in [0.1, 0.15) is 11.5 Å². The van der Waals surface area contributed by atoms with E-state index in [1.54, 1.807) is 0 Å². The molecule has 0 radical (unpaired) electrons. The number of alkyl halides is 2. The molecule has 0 fully saturated rings. The Morgan fingerprint density at radius 2 is 2.06 bits per heavy atom. The Morgan fingerprint density at radius 1 is 1.35 bits per heavy atom. The smallest absolute Gasteiger partial charge is 0.267 e. The van der Waals surface area contributed by atoms with E-state index in [0.717, 1.165) is 6.07 Å². The Labute approximate surface area is 101 Å². The van der Waals surface area contributed by atoms with Crippen LogP contribution < -0.4 is 0 Å². The van der Waals surface area contributed by atoms with E-state index in [-0.39, 0.29) is 21.8 Å². The molecule has 0 saturated carbocycles. The van der Waals surface area contributed by atoms with E-state index in [9.17, 15) is 13.2 Å². The zero-order valence-electron chi connectivity index (χ0n) is 8.79. The molecule has 0 atom stereocenters. The molecule has 2 rings (SSSR count). The van der Waals surface area contributed by atoms with Gasteiger partial charge in [0.15, 0.2) is 0 Å². The van der Waals surface area contributed by atoms with Gasteiger partial charge in [-0.1, -0.05) is 11.6 Å². The third-order valence-electron chi connectivity index (χ3n) is 2.28. The number of nitrogens with zero attached hydrogens (tertiary/aromatic N) is 2. The number of halogens is 4. The van der Waals surface area contributed by atoms with Gasteiger partial charge < -0.3 is 0 Å². The molecule has 0 spiro atoms. The fraction of sp³-hybridized carbons (Fsp3) is 0.182. The van der Waals surface area contributed by atoms with Crippen LogP contribution in [0.2, 0.25) is 5.02 Å². The molecule has 0 aliphatic heterocycles. The summed E-state index contributed by atoms with van der Waals surface area (Å²) in [6.07, 6.45) is -1.53. The second-order valence-corrected chi connectivity index (χ2v) is 3.97. The second kappa shape index (κ2) is 4.41. The average molecular weight is 261 g/mol. The van der Waals surface area contributed by atoms with E-state index in [1.807, 2.05) is 0 Å². The van der Waals surface area contributed by atoms with Crippen LogP contribution in [0.3, 0.4) is 0 Å². The third-order valence-corrected chi connectivity index (χ3v) is 2.51. The standard InChI is InChI=1S/C11H8ClF3N2/c1-17-5-8(11(14)15)10(16-17)7-3-2-6(12)4-9(7)13/h2-5,11H,1H3. The molecule has 0 N–H and O–H groups in total. The fourth-order valence-corrected chi connectivity index (χ4v) is 1.72. The summed E-state index contributed by atoms with van der Waals surface area (Å²) in [5.41, 5.74) is -0.337. The van der Waals surface area contributed by atoms with E-state index < -0.39 is 12.2 Å². The van der Waals surface area contributed by atoms with Crippen LogP contribution in [-0.2, 0) is 7.05 Å².